The molecule has 4 N–H and O–H groups in total. The Morgan fingerprint density at radius 2 is 1.91 bits per heavy atom. The fourth-order valence-electron chi connectivity index (χ4n) is 2.45. The smallest absolute Gasteiger partial charge is 0.270 e. The molecule has 22 heavy (non-hydrogen) atoms. The second-order valence-corrected chi connectivity index (χ2v) is 5.38. The van der Waals surface area contributed by atoms with E-state index in [4.69, 9.17) is 5.73 Å². The molecule has 118 valence electrons. The van der Waals surface area contributed by atoms with E-state index >= 15 is 0 Å². The first-order chi connectivity index (χ1) is 10.6. The first-order valence-corrected chi connectivity index (χ1v) is 7.39. The molecule has 7 heteroatoms. The summed E-state index contributed by atoms with van der Waals surface area (Å²) in [4.78, 5) is 38.4. The molecule has 1 saturated carbocycles. The molecule has 3 amide bonds. The van der Waals surface area contributed by atoms with Crippen LogP contribution in [0.1, 0.15) is 53.0 Å². The number of pyridine rings is 1. The molecule has 1 aliphatic carbocycles. The lowest BCUT2D eigenvalue weighted by molar-refractivity contribution is -0.121. The Kier molecular flexibility index (Phi) is 5.46. The predicted octanol–water partition coefficient (Wildman–Crippen LogP) is 0.359. The highest BCUT2D eigenvalue weighted by atomic mass is 16.2. The quantitative estimate of drug-likeness (QED) is 0.728. The molecule has 2 rings (SSSR count). The van der Waals surface area contributed by atoms with Crippen molar-refractivity contribution in [2.75, 3.05) is 6.54 Å². The number of hydrogen-bond acceptors (Lipinski definition) is 4. The van der Waals surface area contributed by atoms with Crippen LogP contribution in [0.3, 0.4) is 0 Å². The highest BCUT2D eigenvalue weighted by Gasteiger charge is 2.16. The molecule has 0 spiro atoms. The topological polar surface area (TPSA) is 114 Å². The van der Waals surface area contributed by atoms with Gasteiger partial charge in [-0.1, -0.05) is 19.3 Å². The maximum Gasteiger partial charge on any atom is 0.270 e. The molecule has 0 aromatic carbocycles. The van der Waals surface area contributed by atoms with Gasteiger partial charge >= 0.3 is 0 Å². The molecule has 7 nitrogen and oxygen atoms in total. The maximum absolute atomic E-state index is 11.9. The van der Waals surface area contributed by atoms with Crippen LogP contribution in [0.4, 0.5) is 0 Å². The van der Waals surface area contributed by atoms with Gasteiger partial charge in [0.25, 0.3) is 5.91 Å². The van der Waals surface area contributed by atoms with E-state index < -0.39 is 11.8 Å². The minimum atomic E-state index is -0.605. The Morgan fingerprint density at radius 1 is 1.18 bits per heavy atom. The van der Waals surface area contributed by atoms with Crippen molar-refractivity contribution < 1.29 is 14.4 Å². The number of hydrogen-bond donors (Lipinski definition) is 3. The number of nitrogens with one attached hydrogen (secondary N) is 2. The summed E-state index contributed by atoms with van der Waals surface area (Å²) in [6.45, 7) is -0.0887. The number of rotatable bonds is 5. The summed E-state index contributed by atoms with van der Waals surface area (Å²) in [5.41, 5.74) is 5.46. The maximum atomic E-state index is 11.9. The van der Waals surface area contributed by atoms with Crippen LogP contribution >= 0.6 is 0 Å². The predicted molar refractivity (Wildman–Crippen MR) is 80.1 cm³/mol. The van der Waals surface area contributed by atoms with Crippen LogP contribution in [0.2, 0.25) is 0 Å². The lowest BCUT2D eigenvalue weighted by atomic mass is 9.95. The van der Waals surface area contributed by atoms with Crippen LogP contribution in [0.5, 0.6) is 0 Å². The standard InChI is InChI=1S/C15H20N4O3/c16-14(21)10-6-7-12(17-8-10)15(22)18-9-13(20)19-11-4-2-1-3-5-11/h6-8,11H,1-5,9H2,(H2,16,21)(H,18,22)(H,19,20). The van der Waals surface area contributed by atoms with E-state index in [0.29, 0.717) is 0 Å². The molecule has 1 heterocycles. The van der Waals surface area contributed by atoms with E-state index in [2.05, 4.69) is 15.6 Å². The van der Waals surface area contributed by atoms with Gasteiger partial charge in [-0.2, -0.15) is 0 Å². The average Bonchev–Trinajstić information content (AvgIpc) is 2.53. The molecular weight excluding hydrogens is 284 g/mol. The fourth-order valence-corrected chi connectivity index (χ4v) is 2.45. The van der Waals surface area contributed by atoms with Crippen molar-refractivity contribution in [2.45, 2.75) is 38.1 Å². The van der Waals surface area contributed by atoms with Crippen LogP contribution in [-0.4, -0.2) is 35.3 Å². The molecule has 1 aromatic rings. The van der Waals surface area contributed by atoms with Crippen molar-refractivity contribution in [3.63, 3.8) is 0 Å². The highest BCUT2D eigenvalue weighted by molar-refractivity contribution is 5.96. The summed E-state index contributed by atoms with van der Waals surface area (Å²) in [5.74, 6) is -1.27. The number of carbonyl (C=O) groups excluding carboxylic acids is 3. The normalized spacial score (nSPS) is 15.1. The molecule has 0 aliphatic heterocycles. The van der Waals surface area contributed by atoms with E-state index in [1.54, 1.807) is 0 Å². The highest BCUT2D eigenvalue weighted by Crippen LogP contribution is 2.17. The van der Waals surface area contributed by atoms with Crippen LogP contribution in [0, 0.1) is 0 Å². The molecule has 0 atom stereocenters. The van der Waals surface area contributed by atoms with Crippen molar-refractivity contribution in [3.05, 3.63) is 29.6 Å². The van der Waals surface area contributed by atoms with E-state index in [1.807, 2.05) is 0 Å². The molecule has 0 bridgehead atoms. The van der Waals surface area contributed by atoms with Gasteiger partial charge in [-0.15, -0.1) is 0 Å². The summed E-state index contributed by atoms with van der Waals surface area (Å²) in [6, 6.07) is 3.03. The average molecular weight is 304 g/mol. The van der Waals surface area contributed by atoms with Crippen molar-refractivity contribution in [2.24, 2.45) is 5.73 Å². The van der Waals surface area contributed by atoms with Gasteiger partial charge < -0.3 is 16.4 Å². The summed E-state index contributed by atoms with van der Waals surface area (Å²) >= 11 is 0. The molecule has 0 radical (unpaired) electrons. The lowest BCUT2D eigenvalue weighted by Crippen LogP contribution is -2.42. The van der Waals surface area contributed by atoms with Crippen molar-refractivity contribution in [3.8, 4) is 0 Å². The zero-order valence-corrected chi connectivity index (χ0v) is 12.3. The number of primary amides is 1. The molecular formula is C15H20N4O3. The van der Waals surface area contributed by atoms with E-state index in [1.165, 1.54) is 24.8 Å². The number of aromatic nitrogens is 1. The van der Waals surface area contributed by atoms with Gasteiger partial charge in [0.1, 0.15) is 5.69 Å². The van der Waals surface area contributed by atoms with Crippen LogP contribution < -0.4 is 16.4 Å². The number of nitrogens with two attached hydrogens (primary N) is 1. The molecule has 1 fully saturated rings. The zero-order chi connectivity index (χ0) is 15.9. The van der Waals surface area contributed by atoms with Crippen LogP contribution in [0.15, 0.2) is 18.3 Å². The third-order valence-electron chi connectivity index (χ3n) is 3.66. The minimum Gasteiger partial charge on any atom is -0.366 e. The van der Waals surface area contributed by atoms with Crippen LogP contribution in [0.25, 0.3) is 0 Å². The van der Waals surface area contributed by atoms with Gasteiger partial charge in [-0.3, -0.25) is 19.4 Å². The Morgan fingerprint density at radius 3 is 2.50 bits per heavy atom. The Balaban J connectivity index is 1.78. The SMILES string of the molecule is NC(=O)c1ccc(C(=O)NCC(=O)NC2CCCCC2)nc1. The number of nitrogens with zero attached hydrogens (tertiary/aromatic N) is 1. The monoisotopic (exact) mass is 304 g/mol. The Hall–Kier alpha value is -2.44. The van der Waals surface area contributed by atoms with Crippen molar-refractivity contribution >= 4 is 17.7 Å². The van der Waals surface area contributed by atoms with Gasteiger partial charge in [0.2, 0.25) is 11.8 Å². The lowest BCUT2D eigenvalue weighted by Gasteiger charge is -2.22. The number of amides is 3. The van der Waals surface area contributed by atoms with Gasteiger partial charge in [0.15, 0.2) is 0 Å². The molecule has 1 aliphatic rings. The first kappa shape index (κ1) is 15.9. The second kappa shape index (κ2) is 7.53. The van der Waals surface area contributed by atoms with Gasteiger partial charge in [-0.25, -0.2) is 0 Å². The molecule has 1 aromatic heterocycles. The Labute approximate surface area is 128 Å². The minimum absolute atomic E-state index is 0.0887. The fraction of sp³-hybridized carbons (Fsp3) is 0.467. The van der Waals surface area contributed by atoms with E-state index in [-0.39, 0.29) is 29.8 Å². The van der Waals surface area contributed by atoms with Gasteiger partial charge in [-0.05, 0) is 25.0 Å². The number of carbonyl (C=O) groups is 3. The van der Waals surface area contributed by atoms with Crippen molar-refractivity contribution in [1.82, 2.24) is 15.6 Å². The molecule has 0 saturated heterocycles. The summed E-state index contributed by atoms with van der Waals surface area (Å²) in [5, 5.41) is 5.42. The molecule has 0 unspecified atom stereocenters. The van der Waals surface area contributed by atoms with E-state index in [9.17, 15) is 14.4 Å². The largest absolute Gasteiger partial charge is 0.366 e. The van der Waals surface area contributed by atoms with Crippen LogP contribution in [-0.2, 0) is 4.79 Å². The third kappa shape index (κ3) is 4.54. The Bertz CT molecular complexity index is 550. The third-order valence-corrected chi connectivity index (χ3v) is 3.66. The summed E-state index contributed by atoms with van der Waals surface area (Å²) in [6.07, 6.45) is 6.71. The first-order valence-electron chi connectivity index (χ1n) is 7.39. The van der Waals surface area contributed by atoms with Crippen molar-refractivity contribution in [1.29, 1.82) is 0 Å². The summed E-state index contributed by atoms with van der Waals surface area (Å²) < 4.78 is 0. The summed E-state index contributed by atoms with van der Waals surface area (Å²) in [7, 11) is 0. The van der Waals surface area contributed by atoms with Gasteiger partial charge in [0, 0.05) is 12.2 Å². The zero-order valence-electron chi connectivity index (χ0n) is 12.3. The second-order valence-electron chi connectivity index (χ2n) is 5.38. The van der Waals surface area contributed by atoms with E-state index in [0.717, 1.165) is 25.7 Å². The van der Waals surface area contributed by atoms with Gasteiger partial charge in [0.05, 0.1) is 12.1 Å².